The van der Waals surface area contributed by atoms with E-state index in [0.717, 1.165) is 12.3 Å². The summed E-state index contributed by atoms with van der Waals surface area (Å²) in [7, 11) is 0. The van der Waals surface area contributed by atoms with Gasteiger partial charge in [-0.25, -0.2) is 0 Å². The summed E-state index contributed by atoms with van der Waals surface area (Å²) in [4.78, 5) is 4.52. The third-order valence-electron chi connectivity index (χ3n) is 2.67. The predicted molar refractivity (Wildman–Crippen MR) is 66.1 cm³/mol. The molecule has 84 valence electrons. The van der Waals surface area contributed by atoms with Crippen LogP contribution in [0, 0.1) is 5.92 Å². The summed E-state index contributed by atoms with van der Waals surface area (Å²) in [5.41, 5.74) is 2.75. The van der Waals surface area contributed by atoms with E-state index in [1.807, 2.05) is 6.20 Å². The van der Waals surface area contributed by atoms with Crippen molar-refractivity contribution in [2.45, 2.75) is 52.9 Å². The summed E-state index contributed by atoms with van der Waals surface area (Å²) >= 11 is 0. The second kappa shape index (κ2) is 4.78. The molecule has 0 fully saturated rings. The molecule has 0 radical (unpaired) electrons. The number of hydrogen-bond acceptors (Lipinski definition) is 1. The van der Waals surface area contributed by atoms with E-state index in [1.165, 1.54) is 17.7 Å². The third kappa shape index (κ3) is 4.03. The summed E-state index contributed by atoms with van der Waals surface area (Å²) in [5.74, 6) is 0.758. The van der Waals surface area contributed by atoms with Gasteiger partial charge in [-0.1, -0.05) is 40.7 Å². The van der Waals surface area contributed by atoms with Crippen LogP contribution in [0.5, 0.6) is 0 Å². The molecule has 0 saturated carbocycles. The normalized spacial score (nSPS) is 12.1. The average Bonchev–Trinajstić information content (AvgIpc) is 2.14. The van der Waals surface area contributed by atoms with Crippen LogP contribution >= 0.6 is 0 Å². The van der Waals surface area contributed by atoms with Crippen LogP contribution in [0.4, 0.5) is 0 Å². The molecule has 1 nitrogen and oxygen atoms in total. The first-order chi connectivity index (χ1) is 6.89. The van der Waals surface area contributed by atoms with Crippen molar-refractivity contribution in [3.05, 3.63) is 29.6 Å². The van der Waals surface area contributed by atoms with Crippen molar-refractivity contribution in [3.8, 4) is 0 Å². The Balaban J connectivity index is 2.65. The van der Waals surface area contributed by atoms with E-state index in [4.69, 9.17) is 0 Å². The van der Waals surface area contributed by atoms with Gasteiger partial charge < -0.3 is 0 Å². The number of rotatable bonds is 3. The molecule has 1 heteroatoms. The molecule has 1 rings (SSSR count). The summed E-state index contributed by atoms with van der Waals surface area (Å²) < 4.78 is 0. The molecule has 0 bridgehead atoms. The van der Waals surface area contributed by atoms with Crippen molar-refractivity contribution in [3.63, 3.8) is 0 Å². The first-order valence-electron chi connectivity index (χ1n) is 5.85. The smallest absolute Gasteiger partial charge is 0.0403 e. The minimum atomic E-state index is 0.212. The topological polar surface area (TPSA) is 12.9 Å². The summed E-state index contributed by atoms with van der Waals surface area (Å²) in [6.07, 6.45) is 4.35. The molecule has 0 aliphatic heterocycles. The van der Waals surface area contributed by atoms with Gasteiger partial charge in [-0.05, 0) is 35.8 Å². The number of aryl methyl sites for hydroxylation is 1. The van der Waals surface area contributed by atoms with Gasteiger partial charge in [-0.2, -0.15) is 0 Å². The van der Waals surface area contributed by atoms with Crippen LogP contribution in [-0.4, -0.2) is 4.98 Å². The molecule has 1 aromatic heterocycles. The highest BCUT2D eigenvalue weighted by Gasteiger charge is 2.13. The maximum atomic E-state index is 4.52. The summed E-state index contributed by atoms with van der Waals surface area (Å²) in [6.45, 7) is 11.2. The number of nitrogens with zero attached hydrogens (tertiary/aromatic N) is 1. The Hall–Kier alpha value is -0.850. The largest absolute Gasteiger partial charge is 0.261 e. The fourth-order valence-electron chi connectivity index (χ4n) is 1.45. The molecule has 1 heterocycles. The van der Waals surface area contributed by atoms with Gasteiger partial charge in [0, 0.05) is 11.9 Å². The van der Waals surface area contributed by atoms with Gasteiger partial charge in [0.1, 0.15) is 0 Å². The van der Waals surface area contributed by atoms with E-state index in [0.29, 0.717) is 0 Å². The van der Waals surface area contributed by atoms with Gasteiger partial charge in [0.15, 0.2) is 0 Å². The van der Waals surface area contributed by atoms with Crippen LogP contribution < -0.4 is 0 Å². The van der Waals surface area contributed by atoms with Gasteiger partial charge in [0.25, 0.3) is 0 Å². The first kappa shape index (κ1) is 12.2. The molecule has 0 aromatic carbocycles. The van der Waals surface area contributed by atoms with Gasteiger partial charge in [0.2, 0.25) is 0 Å². The molecular formula is C14H23N. The molecule has 0 unspecified atom stereocenters. The molecule has 0 atom stereocenters. The monoisotopic (exact) mass is 205 g/mol. The molecule has 0 aliphatic rings. The predicted octanol–water partition coefficient (Wildman–Crippen LogP) is 3.97. The maximum Gasteiger partial charge on any atom is 0.0403 e. The van der Waals surface area contributed by atoms with Crippen molar-refractivity contribution in [1.82, 2.24) is 4.98 Å². The Labute approximate surface area is 93.9 Å². The van der Waals surface area contributed by atoms with Crippen molar-refractivity contribution < 1.29 is 0 Å². The first-order valence-corrected chi connectivity index (χ1v) is 5.85. The molecule has 0 amide bonds. The van der Waals surface area contributed by atoms with E-state index in [2.05, 4.69) is 51.7 Å². The molecule has 15 heavy (non-hydrogen) atoms. The fraction of sp³-hybridized carbons (Fsp3) is 0.643. The minimum Gasteiger partial charge on any atom is -0.261 e. The van der Waals surface area contributed by atoms with E-state index < -0.39 is 0 Å². The Morgan fingerprint density at radius 2 is 1.87 bits per heavy atom. The van der Waals surface area contributed by atoms with Crippen molar-refractivity contribution >= 4 is 0 Å². The number of hydrogen-bond donors (Lipinski definition) is 0. The lowest BCUT2D eigenvalue weighted by atomic mass is 9.88. The quantitative estimate of drug-likeness (QED) is 0.727. The van der Waals surface area contributed by atoms with Crippen LogP contribution in [0.2, 0.25) is 0 Å². The summed E-state index contributed by atoms with van der Waals surface area (Å²) in [5, 5.41) is 0. The van der Waals surface area contributed by atoms with Crippen LogP contribution in [0.15, 0.2) is 18.3 Å². The van der Waals surface area contributed by atoms with Crippen molar-refractivity contribution in [1.29, 1.82) is 0 Å². The minimum absolute atomic E-state index is 0.212. The van der Waals surface area contributed by atoms with Gasteiger partial charge in [-0.15, -0.1) is 0 Å². The molecule has 0 saturated heterocycles. The van der Waals surface area contributed by atoms with Crippen molar-refractivity contribution in [2.24, 2.45) is 5.92 Å². The van der Waals surface area contributed by atoms with Gasteiger partial charge >= 0.3 is 0 Å². The Kier molecular flexibility index (Phi) is 3.90. The lowest BCUT2D eigenvalue weighted by Gasteiger charge is -2.18. The number of pyridine rings is 1. The highest BCUT2D eigenvalue weighted by molar-refractivity contribution is 5.21. The second-order valence-electron chi connectivity index (χ2n) is 5.72. The Morgan fingerprint density at radius 3 is 2.27 bits per heavy atom. The Bertz CT molecular complexity index is 290. The third-order valence-corrected chi connectivity index (χ3v) is 2.67. The Morgan fingerprint density at radius 1 is 1.20 bits per heavy atom. The van der Waals surface area contributed by atoms with Gasteiger partial charge in [0.05, 0.1) is 0 Å². The van der Waals surface area contributed by atoms with Crippen LogP contribution in [0.3, 0.4) is 0 Å². The second-order valence-corrected chi connectivity index (χ2v) is 5.72. The van der Waals surface area contributed by atoms with Crippen molar-refractivity contribution in [2.75, 3.05) is 0 Å². The SMILES string of the molecule is CC(C)CCc1ccc(C(C)(C)C)cn1. The van der Waals surface area contributed by atoms with Crippen LogP contribution in [0.1, 0.15) is 52.3 Å². The molecule has 1 aromatic rings. The maximum absolute atomic E-state index is 4.52. The van der Waals surface area contributed by atoms with E-state index in [9.17, 15) is 0 Å². The molecule has 0 N–H and O–H groups in total. The highest BCUT2D eigenvalue weighted by atomic mass is 14.7. The molecule has 0 spiro atoms. The van der Waals surface area contributed by atoms with Crippen LogP contribution in [-0.2, 0) is 11.8 Å². The zero-order valence-corrected chi connectivity index (χ0v) is 10.7. The number of aromatic nitrogens is 1. The van der Waals surface area contributed by atoms with Gasteiger partial charge in [-0.3, -0.25) is 4.98 Å². The van der Waals surface area contributed by atoms with E-state index in [-0.39, 0.29) is 5.41 Å². The average molecular weight is 205 g/mol. The standard InChI is InChI=1S/C14H23N/c1-11(2)6-8-13-9-7-12(10-15-13)14(3,4)5/h7,9-11H,6,8H2,1-5H3. The zero-order valence-electron chi connectivity index (χ0n) is 10.7. The van der Waals surface area contributed by atoms with E-state index in [1.54, 1.807) is 0 Å². The summed E-state index contributed by atoms with van der Waals surface area (Å²) in [6, 6.07) is 4.38. The molecule has 0 aliphatic carbocycles. The molecular weight excluding hydrogens is 182 g/mol. The lowest BCUT2D eigenvalue weighted by Crippen LogP contribution is -2.11. The fourth-order valence-corrected chi connectivity index (χ4v) is 1.45. The lowest BCUT2D eigenvalue weighted by molar-refractivity contribution is 0.573. The highest BCUT2D eigenvalue weighted by Crippen LogP contribution is 2.21. The van der Waals surface area contributed by atoms with Crippen LogP contribution in [0.25, 0.3) is 0 Å². The van der Waals surface area contributed by atoms with E-state index >= 15 is 0 Å². The zero-order chi connectivity index (χ0) is 11.5.